The van der Waals surface area contributed by atoms with Crippen LogP contribution in [-0.4, -0.2) is 4.57 Å². The minimum Gasteiger partial charge on any atom is -0.311 e. The fourth-order valence-corrected chi connectivity index (χ4v) is 2.46. The van der Waals surface area contributed by atoms with Crippen molar-refractivity contribution < 1.29 is 4.39 Å². The van der Waals surface area contributed by atoms with Gasteiger partial charge in [-0.25, -0.2) is 4.39 Å². The van der Waals surface area contributed by atoms with E-state index < -0.39 is 0 Å². The van der Waals surface area contributed by atoms with Gasteiger partial charge in [0, 0.05) is 18.5 Å². The van der Waals surface area contributed by atoms with Gasteiger partial charge in [-0.15, -0.1) is 0 Å². The second-order valence-electron chi connectivity index (χ2n) is 4.89. The Morgan fingerprint density at radius 1 is 1.05 bits per heavy atom. The summed E-state index contributed by atoms with van der Waals surface area (Å²) in [5, 5.41) is 0.914. The van der Waals surface area contributed by atoms with Crippen LogP contribution in [-0.2, 0) is 13.5 Å². The molecule has 1 aromatic heterocycles. The Balaban J connectivity index is 2.21. The van der Waals surface area contributed by atoms with Gasteiger partial charge in [-0.2, -0.15) is 0 Å². The van der Waals surface area contributed by atoms with Crippen LogP contribution in [0.15, 0.2) is 59.4 Å². The second kappa shape index (κ2) is 4.93. The lowest BCUT2D eigenvalue weighted by molar-refractivity contribution is 0.628. The van der Waals surface area contributed by atoms with Gasteiger partial charge in [-0.3, -0.25) is 4.79 Å². The molecule has 0 saturated heterocycles. The number of halogens is 1. The highest BCUT2D eigenvalue weighted by Crippen LogP contribution is 2.20. The predicted octanol–water partition coefficient (Wildman–Crippen LogP) is 3.27. The molecule has 0 radical (unpaired) electrons. The molecule has 3 aromatic rings. The average Bonchev–Trinajstić information content (AvgIpc) is 2.45. The molecule has 0 fully saturated rings. The van der Waals surface area contributed by atoms with E-state index in [1.54, 1.807) is 19.2 Å². The average molecular weight is 267 g/mol. The van der Waals surface area contributed by atoms with E-state index in [4.69, 9.17) is 0 Å². The van der Waals surface area contributed by atoms with Gasteiger partial charge in [-0.1, -0.05) is 30.3 Å². The smallest absolute Gasteiger partial charge is 0.251 e. The van der Waals surface area contributed by atoms with Crippen molar-refractivity contribution in [3.05, 3.63) is 81.9 Å². The summed E-state index contributed by atoms with van der Waals surface area (Å²) in [4.78, 5) is 12.0. The molecule has 0 bridgehead atoms. The highest BCUT2D eigenvalue weighted by atomic mass is 19.1. The first-order valence-corrected chi connectivity index (χ1v) is 6.47. The van der Waals surface area contributed by atoms with E-state index in [2.05, 4.69) is 0 Å². The number of aryl methyl sites for hydroxylation is 1. The molecule has 0 aliphatic heterocycles. The maximum absolute atomic E-state index is 13.4. The third-order valence-corrected chi connectivity index (χ3v) is 3.53. The molecule has 2 aromatic carbocycles. The maximum Gasteiger partial charge on any atom is 0.251 e. The zero-order valence-corrected chi connectivity index (χ0v) is 11.1. The fourth-order valence-electron chi connectivity index (χ4n) is 2.46. The van der Waals surface area contributed by atoms with E-state index in [9.17, 15) is 9.18 Å². The van der Waals surface area contributed by atoms with Crippen LogP contribution in [0.2, 0.25) is 0 Å². The lowest BCUT2D eigenvalue weighted by atomic mass is 10.0. The summed E-state index contributed by atoms with van der Waals surface area (Å²) in [7, 11) is 1.66. The van der Waals surface area contributed by atoms with Crippen LogP contribution in [0.1, 0.15) is 11.1 Å². The van der Waals surface area contributed by atoms with Gasteiger partial charge in [0.1, 0.15) is 5.82 Å². The minimum absolute atomic E-state index is 0.117. The topological polar surface area (TPSA) is 22.0 Å². The van der Waals surface area contributed by atoms with Crippen LogP contribution in [0.3, 0.4) is 0 Å². The van der Waals surface area contributed by atoms with Crippen molar-refractivity contribution >= 4 is 10.9 Å². The first kappa shape index (κ1) is 12.6. The van der Waals surface area contributed by atoms with E-state index in [0.717, 1.165) is 16.5 Å². The molecule has 3 rings (SSSR count). The van der Waals surface area contributed by atoms with Gasteiger partial charge in [0.2, 0.25) is 0 Å². The quantitative estimate of drug-likeness (QED) is 0.698. The Hall–Kier alpha value is -2.42. The summed E-state index contributed by atoms with van der Waals surface area (Å²) < 4.78 is 14.9. The molecule has 2 nitrogen and oxygen atoms in total. The Bertz CT molecular complexity index is 822. The van der Waals surface area contributed by atoms with E-state index in [1.165, 1.54) is 16.7 Å². The molecule has 0 aliphatic carbocycles. The second-order valence-corrected chi connectivity index (χ2v) is 4.89. The molecule has 3 heteroatoms. The zero-order valence-electron chi connectivity index (χ0n) is 11.1. The number of fused-ring (bicyclic) bond motifs is 1. The fraction of sp³-hybridized carbons (Fsp3) is 0.118. The predicted molar refractivity (Wildman–Crippen MR) is 78.4 cm³/mol. The van der Waals surface area contributed by atoms with E-state index in [0.29, 0.717) is 11.9 Å². The number of aromatic nitrogens is 1. The molecular formula is C17H14FNO. The van der Waals surface area contributed by atoms with Crippen LogP contribution in [0.5, 0.6) is 0 Å². The van der Waals surface area contributed by atoms with E-state index >= 15 is 0 Å². The molecule has 0 atom stereocenters. The normalized spacial score (nSPS) is 10.9. The summed E-state index contributed by atoms with van der Waals surface area (Å²) in [6.45, 7) is 0. The molecule has 100 valence electrons. The number of pyridine rings is 1. The van der Waals surface area contributed by atoms with Crippen molar-refractivity contribution in [3.63, 3.8) is 0 Å². The molecule has 0 amide bonds. The highest BCUT2D eigenvalue weighted by Gasteiger charge is 2.08. The first-order chi connectivity index (χ1) is 9.65. The number of benzene rings is 2. The summed E-state index contributed by atoms with van der Waals surface area (Å²) >= 11 is 0. The third kappa shape index (κ3) is 2.23. The van der Waals surface area contributed by atoms with Crippen LogP contribution < -0.4 is 5.56 Å². The minimum atomic E-state index is -0.329. The van der Waals surface area contributed by atoms with Crippen molar-refractivity contribution in [2.24, 2.45) is 7.05 Å². The number of nitrogens with zero attached hydrogens (tertiary/aromatic N) is 1. The van der Waals surface area contributed by atoms with Gasteiger partial charge in [-0.05, 0) is 35.7 Å². The molecule has 0 spiro atoms. The van der Waals surface area contributed by atoms with Crippen molar-refractivity contribution in [1.82, 2.24) is 4.57 Å². The molecule has 1 heterocycles. The largest absolute Gasteiger partial charge is 0.311 e. The lowest BCUT2D eigenvalue weighted by Gasteiger charge is -2.10. The Morgan fingerprint density at radius 2 is 1.80 bits per heavy atom. The van der Waals surface area contributed by atoms with Crippen molar-refractivity contribution in [2.75, 3.05) is 0 Å². The first-order valence-electron chi connectivity index (χ1n) is 6.47. The Labute approximate surface area is 116 Å². The van der Waals surface area contributed by atoms with Gasteiger partial charge in [0.25, 0.3) is 5.56 Å². The zero-order chi connectivity index (χ0) is 14.1. The number of hydrogen-bond donors (Lipinski definition) is 0. The Kier molecular flexibility index (Phi) is 3.11. The third-order valence-electron chi connectivity index (χ3n) is 3.53. The summed E-state index contributed by atoms with van der Waals surface area (Å²) in [5.74, 6) is -0.329. The maximum atomic E-state index is 13.4. The van der Waals surface area contributed by atoms with Gasteiger partial charge >= 0.3 is 0 Å². The Morgan fingerprint density at radius 3 is 2.55 bits per heavy atom. The number of hydrogen-bond acceptors (Lipinski definition) is 1. The lowest BCUT2D eigenvalue weighted by Crippen LogP contribution is -2.17. The van der Waals surface area contributed by atoms with E-state index in [-0.39, 0.29) is 11.4 Å². The molecular weight excluding hydrogens is 253 g/mol. The van der Waals surface area contributed by atoms with Crippen LogP contribution >= 0.6 is 0 Å². The monoisotopic (exact) mass is 267 g/mol. The molecule has 0 N–H and O–H groups in total. The van der Waals surface area contributed by atoms with Crippen LogP contribution in [0.4, 0.5) is 4.39 Å². The molecule has 0 saturated carbocycles. The summed E-state index contributed by atoms with van der Waals surface area (Å²) in [6.07, 6.45) is 0.666. The van der Waals surface area contributed by atoms with Crippen molar-refractivity contribution in [3.8, 4) is 0 Å². The SMILES string of the molecule is Cn1c(=O)cc(Cc2ccccc2)c2ccc(F)cc21. The van der Waals surface area contributed by atoms with Gasteiger partial charge < -0.3 is 4.57 Å². The van der Waals surface area contributed by atoms with E-state index in [1.807, 2.05) is 30.3 Å². The van der Waals surface area contributed by atoms with Crippen LogP contribution in [0.25, 0.3) is 10.9 Å². The molecule has 0 aliphatic rings. The highest BCUT2D eigenvalue weighted by molar-refractivity contribution is 5.83. The molecule has 0 unspecified atom stereocenters. The standard InChI is InChI=1S/C17H14FNO/c1-19-16-11-14(18)7-8-15(16)13(10-17(19)20)9-12-5-3-2-4-6-12/h2-8,10-11H,9H2,1H3. The summed E-state index contributed by atoms with van der Waals surface area (Å²) in [6, 6.07) is 16.2. The van der Waals surface area contributed by atoms with Gasteiger partial charge in [0.15, 0.2) is 0 Å². The van der Waals surface area contributed by atoms with Crippen molar-refractivity contribution in [2.45, 2.75) is 6.42 Å². The number of rotatable bonds is 2. The van der Waals surface area contributed by atoms with Crippen LogP contribution in [0, 0.1) is 5.82 Å². The van der Waals surface area contributed by atoms with Gasteiger partial charge in [0.05, 0.1) is 5.52 Å². The van der Waals surface area contributed by atoms with Crippen molar-refractivity contribution in [1.29, 1.82) is 0 Å². The molecule has 20 heavy (non-hydrogen) atoms. The summed E-state index contributed by atoms with van der Waals surface area (Å²) in [5.41, 5.74) is 2.57.